The molecule has 1 aliphatic heterocycles. The quantitative estimate of drug-likeness (QED) is 0.587. The molecular formula is C22H24N2O4S2. The molecule has 1 fully saturated rings. The lowest BCUT2D eigenvalue weighted by Gasteiger charge is -2.24. The number of nitrogens with zero attached hydrogens (tertiary/aromatic N) is 1. The second-order valence-electron chi connectivity index (χ2n) is 7.11. The Balaban J connectivity index is 1.56. The maximum atomic E-state index is 12.7. The highest BCUT2D eigenvalue weighted by molar-refractivity contribution is 8.76. The summed E-state index contributed by atoms with van der Waals surface area (Å²) >= 11 is 0. The van der Waals surface area contributed by atoms with Gasteiger partial charge >= 0.3 is 5.97 Å². The van der Waals surface area contributed by atoms with Gasteiger partial charge in [-0.1, -0.05) is 58.8 Å². The molecule has 0 spiro atoms. The number of hydrogen-bond acceptors (Lipinski definition) is 5. The van der Waals surface area contributed by atoms with Gasteiger partial charge in [0.1, 0.15) is 6.04 Å². The summed E-state index contributed by atoms with van der Waals surface area (Å²) in [4.78, 5) is 39.0. The Labute approximate surface area is 183 Å². The Bertz CT molecular complexity index is 907. The zero-order valence-corrected chi connectivity index (χ0v) is 18.2. The van der Waals surface area contributed by atoms with Crippen LogP contribution in [0.25, 0.3) is 0 Å². The van der Waals surface area contributed by atoms with Gasteiger partial charge in [-0.25, -0.2) is 4.79 Å². The average Bonchev–Trinajstić information content (AvgIpc) is 3.24. The molecule has 158 valence electrons. The van der Waals surface area contributed by atoms with E-state index in [9.17, 15) is 19.5 Å². The molecule has 0 aromatic heterocycles. The van der Waals surface area contributed by atoms with Crippen molar-refractivity contribution in [1.82, 2.24) is 4.90 Å². The van der Waals surface area contributed by atoms with E-state index in [1.807, 2.05) is 55.5 Å². The first-order chi connectivity index (χ1) is 14.5. The van der Waals surface area contributed by atoms with Crippen molar-refractivity contribution < 1.29 is 19.5 Å². The van der Waals surface area contributed by atoms with Crippen LogP contribution in [0.3, 0.4) is 0 Å². The summed E-state index contributed by atoms with van der Waals surface area (Å²) in [5.41, 5.74) is 1.30. The number of carbonyl (C=O) groups excluding carboxylic acids is 2. The first-order valence-electron chi connectivity index (χ1n) is 9.75. The Morgan fingerprint density at radius 1 is 1.13 bits per heavy atom. The highest BCUT2D eigenvalue weighted by Crippen LogP contribution is 2.35. The summed E-state index contributed by atoms with van der Waals surface area (Å²) in [6, 6.07) is 15.9. The third kappa shape index (κ3) is 5.58. The van der Waals surface area contributed by atoms with E-state index in [1.165, 1.54) is 26.5 Å². The fraction of sp³-hybridized carbons (Fsp3) is 0.318. The maximum absolute atomic E-state index is 12.7. The van der Waals surface area contributed by atoms with Crippen LogP contribution in [0.15, 0.2) is 59.5 Å². The Morgan fingerprint density at radius 3 is 2.57 bits per heavy atom. The summed E-state index contributed by atoms with van der Waals surface area (Å²) in [5.74, 6) is -1.01. The monoisotopic (exact) mass is 444 g/mol. The molecule has 2 N–H and O–H groups in total. The average molecular weight is 445 g/mol. The van der Waals surface area contributed by atoms with Crippen molar-refractivity contribution in [2.24, 2.45) is 5.92 Å². The van der Waals surface area contributed by atoms with Gasteiger partial charge < -0.3 is 15.3 Å². The molecule has 1 aliphatic rings. The van der Waals surface area contributed by atoms with Crippen LogP contribution in [0.2, 0.25) is 0 Å². The van der Waals surface area contributed by atoms with Crippen LogP contribution in [0, 0.1) is 5.92 Å². The Morgan fingerprint density at radius 2 is 1.83 bits per heavy atom. The second kappa shape index (κ2) is 10.5. The molecule has 6 nitrogen and oxygen atoms in total. The highest BCUT2D eigenvalue weighted by atomic mass is 33.1. The van der Waals surface area contributed by atoms with Crippen molar-refractivity contribution in [3.8, 4) is 0 Å². The molecule has 0 radical (unpaired) electrons. The van der Waals surface area contributed by atoms with Gasteiger partial charge in [-0.3, -0.25) is 9.59 Å². The number of benzene rings is 2. The van der Waals surface area contributed by atoms with Crippen molar-refractivity contribution in [3.05, 3.63) is 60.2 Å². The van der Waals surface area contributed by atoms with Gasteiger partial charge in [0.15, 0.2) is 0 Å². The van der Waals surface area contributed by atoms with Crippen LogP contribution in [0.5, 0.6) is 0 Å². The molecule has 30 heavy (non-hydrogen) atoms. The molecule has 2 aromatic carbocycles. The van der Waals surface area contributed by atoms with E-state index in [1.54, 1.807) is 6.07 Å². The molecule has 0 bridgehead atoms. The van der Waals surface area contributed by atoms with E-state index in [4.69, 9.17) is 0 Å². The summed E-state index contributed by atoms with van der Waals surface area (Å²) in [6.07, 6.45) is 1.24. The standard InChI is InChI=1S/C22H24N2O4S2/c1-15(21(26)24-13-7-11-18(24)22(27)28)14-29-30-19-12-6-5-10-17(19)20(25)23-16-8-3-2-4-9-16/h2-6,8-10,12,15,18H,7,11,13-14H2,1H3,(H,23,25)(H,27,28). The van der Waals surface area contributed by atoms with E-state index < -0.39 is 12.0 Å². The summed E-state index contributed by atoms with van der Waals surface area (Å²) in [5, 5.41) is 12.2. The van der Waals surface area contributed by atoms with Crippen molar-refractivity contribution >= 4 is 45.1 Å². The minimum atomic E-state index is -0.937. The lowest BCUT2D eigenvalue weighted by molar-refractivity contribution is -0.149. The Kier molecular flexibility index (Phi) is 7.81. The first-order valence-corrected chi connectivity index (χ1v) is 12.1. The van der Waals surface area contributed by atoms with Crippen LogP contribution in [-0.2, 0) is 9.59 Å². The van der Waals surface area contributed by atoms with Crippen LogP contribution in [0.4, 0.5) is 5.69 Å². The van der Waals surface area contributed by atoms with E-state index >= 15 is 0 Å². The number of carboxylic acid groups (broad SMARTS) is 1. The second-order valence-corrected chi connectivity index (χ2v) is 9.50. The van der Waals surface area contributed by atoms with Gasteiger partial charge in [0, 0.05) is 28.8 Å². The highest BCUT2D eigenvalue weighted by Gasteiger charge is 2.35. The maximum Gasteiger partial charge on any atom is 0.326 e. The third-order valence-electron chi connectivity index (χ3n) is 4.87. The van der Waals surface area contributed by atoms with Crippen LogP contribution in [-0.4, -0.2) is 46.1 Å². The predicted octanol–water partition coefficient (Wildman–Crippen LogP) is 4.39. The number of likely N-dealkylation sites (tertiary alicyclic amines) is 1. The van der Waals surface area contributed by atoms with E-state index in [2.05, 4.69) is 5.32 Å². The summed E-state index contributed by atoms with van der Waals surface area (Å²) < 4.78 is 0. The Hall–Kier alpha value is -2.45. The van der Waals surface area contributed by atoms with Gasteiger partial charge in [-0.15, -0.1) is 0 Å². The zero-order valence-electron chi connectivity index (χ0n) is 16.6. The molecule has 8 heteroatoms. The lowest BCUT2D eigenvalue weighted by atomic mass is 10.1. The number of para-hydroxylation sites is 1. The molecule has 0 saturated carbocycles. The van der Waals surface area contributed by atoms with Crippen molar-refractivity contribution in [3.63, 3.8) is 0 Å². The lowest BCUT2D eigenvalue weighted by Crippen LogP contribution is -2.43. The van der Waals surface area contributed by atoms with Gasteiger partial charge in [-0.05, 0) is 37.1 Å². The van der Waals surface area contributed by atoms with E-state index in [-0.39, 0.29) is 17.7 Å². The van der Waals surface area contributed by atoms with Crippen LogP contribution < -0.4 is 5.32 Å². The van der Waals surface area contributed by atoms with E-state index in [0.717, 1.165) is 17.0 Å². The number of aliphatic carboxylic acids is 1. The van der Waals surface area contributed by atoms with Gasteiger partial charge in [-0.2, -0.15) is 0 Å². The number of carboxylic acids is 1. The smallest absolute Gasteiger partial charge is 0.326 e. The summed E-state index contributed by atoms with van der Waals surface area (Å²) in [7, 11) is 2.94. The molecule has 2 atom stereocenters. The van der Waals surface area contributed by atoms with Crippen LogP contribution >= 0.6 is 21.6 Å². The SMILES string of the molecule is CC(CSSc1ccccc1C(=O)Nc1ccccc1)C(=O)N1CCCC1C(=O)O. The number of amides is 2. The van der Waals surface area contributed by atoms with E-state index in [0.29, 0.717) is 24.3 Å². The molecule has 2 aromatic rings. The van der Waals surface area contributed by atoms with Gasteiger partial charge in [0.25, 0.3) is 5.91 Å². The minimum absolute atomic E-state index is 0.122. The minimum Gasteiger partial charge on any atom is -0.480 e. The van der Waals surface area contributed by atoms with Crippen molar-refractivity contribution in [2.45, 2.75) is 30.7 Å². The molecular weight excluding hydrogens is 420 g/mol. The molecule has 1 saturated heterocycles. The third-order valence-corrected chi connectivity index (χ3v) is 7.46. The topological polar surface area (TPSA) is 86.7 Å². The normalized spacial score (nSPS) is 16.8. The molecule has 1 heterocycles. The van der Waals surface area contributed by atoms with Crippen molar-refractivity contribution in [1.29, 1.82) is 0 Å². The largest absolute Gasteiger partial charge is 0.480 e. The molecule has 0 aliphatic carbocycles. The van der Waals surface area contributed by atoms with Gasteiger partial charge in [0.2, 0.25) is 5.91 Å². The number of anilines is 1. The molecule has 2 unspecified atom stereocenters. The van der Waals surface area contributed by atoms with Crippen LogP contribution in [0.1, 0.15) is 30.1 Å². The number of rotatable bonds is 8. The fourth-order valence-corrected chi connectivity index (χ4v) is 5.85. The molecule has 3 rings (SSSR count). The number of hydrogen-bond donors (Lipinski definition) is 2. The zero-order chi connectivity index (χ0) is 21.5. The fourth-order valence-electron chi connectivity index (χ4n) is 3.29. The summed E-state index contributed by atoms with van der Waals surface area (Å²) in [6.45, 7) is 2.32. The predicted molar refractivity (Wildman–Crippen MR) is 121 cm³/mol. The first kappa shape index (κ1) is 22.2. The number of nitrogens with one attached hydrogen (secondary N) is 1. The molecule has 2 amide bonds. The van der Waals surface area contributed by atoms with Gasteiger partial charge in [0.05, 0.1) is 5.56 Å². The van der Waals surface area contributed by atoms with Crippen molar-refractivity contribution in [2.75, 3.05) is 17.6 Å². The number of carbonyl (C=O) groups is 3.